The quantitative estimate of drug-likeness (QED) is 0.458. The van der Waals surface area contributed by atoms with Crippen molar-refractivity contribution in [3.8, 4) is 0 Å². The van der Waals surface area contributed by atoms with Crippen molar-refractivity contribution in [1.82, 2.24) is 0 Å². The average molecular weight is 471 g/mol. The van der Waals surface area contributed by atoms with Crippen LogP contribution < -0.4 is 0 Å². The number of hydrogen-bond donors (Lipinski definition) is 2. The van der Waals surface area contributed by atoms with Crippen molar-refractivity contribution in [3.63, 3.8) is 0 Å². The zero-order chi connectivity index (χ0) is 24.1. The number of rotatable bonds is 7. The van der Waals surface area contributed by atoms with Crippen LogP contribution in [0.15, 0.2) is 30.3 Å². The molecular formula is C22H34O9Si. The molecule has 0 aliphatic carbocycles. The molecule has 0 bridgehead atoms. The number of aliphatic hydroxyl groups excluding tert-OH is 2. The van der Waals surface area contributed by atoms with Crippen LogP contribution in [0.4, 0.5) is 4.79 Å². The number of benzene rings is 1. The van der Waals surface area contributed by atoms with Gasteiger partial charge in [0.2, 0.25) is 6.29 Å². The number of aliphatic hydroxyl groups is 2. The Morgan fingerprint density at radius 1 is 1.06 bits per heavy atom. The third-order valence-electron chi connectivity index (χ3n) is 5.78. The minimum absolute atomic E-state index is 0.0380. The Balaban J connectivity index is 2.20. The Morgan fingerprint density at radius 3 is 2.25 bits per heavy atom. The van der Waals surface area contributed by atoms with Gasteiger partial charge in [-0.2, -0.15) is 0 Å². The van der Waals surface area contributed by atoms with Gasteiger partial charge in [0.25, 0.3) is 0 Å². The lowest BCUT2D eigenvalue weighted by Crippen LogP contribution is -2.61. The lowest BCUT2D eigenvalue weighted by molar-refractivity contribution is -0.285. The van der Waals surface area contributed by atoms with Crippen molar-refractivity contribution in [2.45, 2.75) is 76.5 Å². The van der Waals surface area contributed by atoms with Gasteiger partial charge in [0.05, 0.1) is 18.8 Å². The van der Waals surface area contributed by atoms with E-state index >= 15 is 0 Å². The topological polar surface area (TPSA) is 121 Å². The maximum absolute atomic E-state index is 12.4. The zero-order valence-corrected chi connectivity index (χ0v) is 20.4. The summed E-state index contributed by atoms with van der Waals surface area (Å²) in [6.07, 6.45) is -8.00. The monoisotopic (exact) mass is 470 g/mol. The van der Waals surface area contributed by atoms with Gasteiger partial charge in [-0.15, -0.1) is 0 Å². The third kappa shape index (κ3) is 6.52. The molecule has 0 radical (unpaired) electrons. The Kier molecular flexibility index (Phi) is 8.83. The van der Waals surface area contributed by atoms with E-state index in [1.165, 1.54) is 0 Å². The Hall–Kier alpha value is -1.98. The number of carbonyl (C=O) groups excluding carboxylic acids is 2. The lowest BCUT2D eigenvalue weighted by Gasteiger charge is -2.43. The van der Waals surface area contributed by atoms with Gasteiger partial charge in [-0.3, -0.25) is 0 Å². The highest BCUT2D eigenvalue weighted by molar-refractivity contribution is 6.74. The van der Waals surface area contributed by atoms with E-state index in [-0.39, 0.29) is 23.8 Å². The Bertz CT molecular complexity index is 762. The Morgan fingerprint density at radius 2 is 1.69 bits per heavy atom. The fourth-order valence-corrected chi connectivity index (χ4v) is 3.81. The summed E-state index contributed by atoms with van der Waals surface area (Å²) < 4.78 is 27.3. The number of ether oxygens (including phenoxy) is 4. The first-order valence-corrected chi connectivity index (χ1v) is 13.5. The SMILES string of the molecule is CCOC(=O)O[C@H]1[C@H](O)[C@H](O)[C@@H](OC(=O)c2ccccc2)O[C@@H]1CO[Si](C)(C)C(C)(C)C. The van der Waals surface area contributed by atoms with Crippen molar-refractivity contribution >= 4 is 20.4 Å². The maximum Gasteiger partial charge on any atom is 0.508 e. The van der Waals surface area contributed by atoms with E-state index in [4.69, 9.17) is 23.4 Å². The molecule has 2 rings (SSSR count). The van der Waals surface area contributed by atoms with Crippen molar-refractivity contribution in [3.05, 3.63) is 35.9 Å². The molecule has 1 fully saturated rings. The second-order valence-electron chi connectivity index (χ2n) is 9.13. The third-order valence-corrected chi connectivity index (χ3v) is 10.3. The van der Waals surface area contributed by atoms with Gasteiger partial charge in [-0.05, 0) is 37.2 Å². The molecule has 180 valence electrons. The van der Waals surface area contributed by atoms with Gasteiger partial charge < -0.3 is 33.6 Å². The number of carbonyl (C=O) groups is 2. The molecule has 1 aromatic carbocycles. The molecule has 0 amide bonds. The summed E-state index contributed by atoms with van der Waals surface area (Å²) in [5.74, 6) is -0.726. The van der Waals surface area contributed by atoms with E-state index in [1.54, 1.807) is 37.3 Å². The molecule has 1 aliphatic heterocycles. The predicted molar refractivity (Wildman–Crippen MR) is 118 cm³/mol. The van der Waals surface area contributed by atoms with Gasteiger partial charge in [0, 0.05) is 0 Å². The molecule has 10 heteroatoms. The Labute approximate surface area is 189 Å². The van der Waals surface area contributed by atoms with Crippen LogP contribution in [-0.4, -0.2) is 74.6 Å². The second-order valence-corrected chi connectivity index (χ2v) is 13.9. The standard InChI is InChI=1S/C22H34O9Si/c1-7-27-21(26)30-18-15(13-28-32(5,6)22(2,3)4)29-20(17(24)16(18)23)31-19(25)14-11-9-8-10-12-14/h8-12,15-18,20,23-24H,7,13H2,1-6H3/t15-,16-,17+,18-,20-/m1/s1. The second kappa shape index (κ2) is 10.8. The van der Waals surface area contributed by atoms with Crippen LogP contribution in [0.5, 0.6) is 0 Å². The molecule has 1 aliphatic rings. The van der Waals surface area contributed by atoms with Gasteiger partial charge >= 0.3 is 12.1 Å². The lowest BCUT2D eigenvalue weighted by atomic mass is 9.99. The summed E-state index contributed by atoms with van der Waals surface area (Å²) in [4.78, 5) is 24.3. The van der Waals surface area contributed by atoms with Crippen LogP contribution >= 0.6 is 0 Å². The van der Waals surface area contributed by atoms with Crippen LogP contribution in [0.3, 0.4) is 0 Å². The molecule has 0 aromatic heterocycles. The fraction of sp³-hybridized carbons (Fsp3) is 0.636. The summed E-state index contributed by atoms with van der Waals surface area (Å²) >= 11 is 0. The first-order valence-electron chi connectivity index (χ1n) is 10.6. The summed E-state index contributed by atoms with van der Waals surface area (Å²) in [5, 5.41) is 21.1. The normalized spacial score (nSPS) is 26.3. The van der Waals surface area contributed by atoms with Crippen molar-refractivity contribution in [1.29, 1.82) is 0 Å². The molecule has 9 nitrogen and oxygen atoms in total. The fourth-order valence-electron chi connectivity index (χ4n) is 2.80. The molecule has 1 saturated heterocycles. The van der Waals surface area contributed by atoms with Gasteiger partial charge in [-0.1, -0.05) is 39.0 Å². The molecule has 32 heavy (non-hydrogen) atoms. The molecule has 1 heterocycles. The van der Waals surface area contributed by atoms with Gasteiger partial charge in [0.15, 0.2) is 14.4 Å². The molecule has 2 N–H and O–H groups in total. The molecule has 0 spiro atoms. The minimum atomic E-state index is -2.22. The zero-order valence-electron chi connectivity index (χ0n) is 19.4. The maximum atomic E-state index is 12.4. The van der Waals surface area contributed by atoms with Crippen molar-refractivity contribution in [2.24, 2.45) is 0 Å². The van der Waals surface area contributed by atoms with Crippen LogP contribution in [0.25, 0.3) is 0 Å². The average Bonchev–Trinajstić information content (AvgIpc) is 2.72. The first kappa shape index (κ1) is 26.3. The summed E-state index contributed by atoms with van der Waals surface area (Å²) in [7, 11) is -2.22. The highest BCUT2D eigenvalue weighted by Crippen LogP contribution is 2.37. The smallest absolute Gasteiger partial charge is 0.435 e. The van der Waals surface area contributed by atoms with Crippen LogP contribution in [-0.2, 0) is 23.4 Å². The van der Waals surface area contributed by atoms with E-state index in [0.29, 0.717) is 0 Å². The summed E-state index contributed by atoms with van der Waals surface area (Å²) in [6.45, 7) is 11.9. The summed E-state index contributed by atoms with van der Waals surface area (Å²) in [5.41, 5.74) is 0.261. The molecule has 1 aromatic rings. The van der Waals surface area contributed by atoms with E-state index in [9.17, 15) is 19.8 Å². The van der Waals surface area contributed by atoms with E-state index in [2.05, 4.69) is 20.8 Å². The largest absolute Gasteiger partial charge is 0.508 e. The number of esters is 1. The predicted octanol–water partition coefficient (Wildman–Crippen LogP) is 2.85. The van der Waals surface area contributed by atoms with E-state index in [1.807, 2.05) is 13.1 Å². The van der Waals surface area contributed by atoms with Gasteiger partial charge in [0.1, 0.15) is 18.3 Å². The van der Waals surface area contributed by atoms with Crippen molar-refractivity contribution in [2.75, 3.05) is 13.2 Å². The van der Waals surface area contributed by atoms with Crippen LogP contribution in [0, 0.1) is 0 Å². The highest BCUT2D eigenvalue weighted by Gasteiger charge is 2.50. The molecule has 0 saturated carbocycles. The van der Waals surface area contributed by atoms with E-state index in [0.717, 1.165) is 0 Å². The minimum Gasteiger partial charge on any atom is -0.435 e. The molecule has 0 unspecified atom stereocenters. The van der Waals surface area contributed by atoms with Crippen molar-refractivity contribution < 1.29 is 43.2 Å². The van der Waals surface area contributed by atoms with Crippen LogP contribution in [0.2, 0.25) is 18.1 Å². The molecule has 5 atom stereocenters. The highest BCUT2D eigenvalue weighted by atomic mass is 28.4. The number of hydrogen-bond acceptors (Lipinski definition) is 9. The van der Waals surface area contributed by atoms with E-state index < -0.39 is 51.1 Å². The van der Waals surface area contributed by atoms with Gasteiger partial charge in [-0.25, -0.2) is 9.59 Å². The first-order chi connectivity index (χ1) is 14.9. The molecular weight excluding hydrogens is 436 g/mol. The summed E-state index contributed by atoms with van der Waals surface area (Å²) in [6, 6.07) is 8.20. The van der Waals surface area contributed by atoms with Crippen LogP contribution in [0.1, 0.15) is 38.1 Å².